The summed E-state index contributed by atoms with van der Waals surface area (Å²) >= 11 is 0. The van der Waals surface area contributed by atoms with Crippen LogP contribution in [0.5, 0.6) is 5.75 Å². The van der Waals surface area contributed by atoms with Crippen molar-refractivity contribution in [3.05, 3.63) is 100 Å². The highest BCUT2D eigenvalue weighted by Gasteiger charge is 2.58. The maximum absolute atomic E-state index is 14.6. The van der Waals surface area contributed by atoms with E-state index in [-0.39, 0.29) is 28.7 Å². The molecule has 2 aliphatic rings. The topological polar surface area (TPSA) is 49.9 Å². The maximum atomic E-state index is 14.6. The number of Topliss-reactive ketones (excluding diaryl/α,β-unsaturated/α-hetero) is 2. The van der Waals surface area contributed by atoms with Gasteiger partial charge in [0.2, 0.25) is 0 Å². The molecule has 0 atom stereocenters. The van der Waals surface area contributed by atoms with E-state index in [1.165, 1.54) is 25.3 Å². The second-order valence-corrected chi connectivity index (χ2v) is 9.13. The SMILES string of the molecule is COc1cc(F)cc(C2(N3CCN(Cc4cc(F)ccc4C)CC3)C(=O)c3ccccc3C2=O)c1. The lowest BCUT2D eigenvalue weighted by Gasteiger charge is -2.44. The number of methoxy groups -OCH3 is 1. The molecule has 35 heavy (non-hydrogen) atoms. The predicted octanol–water partition coefficient (Wildman–Crippen LogP) is 4.37. The molecule has 0 amide bonds. The molecule has 0 spiro atoms. The van der Waals surface area contributed by atoms with Crippen molar-refractivity contribution < 1.29 is 23.1 Å². The first-order valence-corrected chi connectivity index (χ1v) is 11.6. The third kappa shape index (κ3) is 3.85. The van der Waals surface area contributed by atoms with Gasteiger partial charge >= 0.3 is 0 Å². The lowest BCUT2D eigenvalue weighted by Crippen LogP contribution is -2.60. The number of aryl methyl sites for hydroxylation is 1. The highest BCUT2D eigenvalue weighted by Crippen LogP contribution is 2.44. The van der Waals surface area contributed by atoms with Crippen LogP contribution in [0, 0.1) is 18.6 Å². The third-order valence-electron chi connectivity index (χ3n) is 7.15. The molecule has 1 saturated heterocycles. The average molecular weight is 477 g/mol. The van der Waals surface area contributed by atoms with E-state index in [4.69, 9.17) is 4.74 Å². The largest absolute Gasteiger partial charge is 0.497 e. The third-order valence-corrected chi connectivity index (χ3v) is 7.15. The standard InChI is InChI=1S/C28H26F2N2O3/c1-18-7-8-21(29)13-19(18)17-31-9-11-32(12-10-31)28(20-14-22(30)16-23(15-20)35-2)26(33)24-5-3-4-6-25(24)27(28)34/h3-8,13-16H,9-12,17H2,1-2H3. The van der Waals surface area contributed by atoms with E-state index in [0.29, 0.717) is 43.9 Å². The average Bonchev–Trinajstić information content (AvgIpc) is 3.09. The van der Waals surface area contributed by atoms with Crippen molar-refractivity contribution in [1.82, 2.24) is 9.80 Å². The van der Waals surface area contributed by atoms with Crippen molar-refractivity contribution in [2.45, 2.75) is 19.0 Å². The molecule has 1 aliphatic carbocycles. The van der Waals surface area contributed by atoms with Crippen LogP contribution in [0.1, 0.15) is 37.4 Å². The van der Waals surface area contributed by atoms with Crippen LogP contribution in [0.15, 0.2) is 60.7 Å². The Bertz CT molecular complexity index is 1280. The van der Waals surface area contributed by atoms with E-state index in [0.717, 1.165) is 11.1 Å². The maximum Gasteiger partial charge on any atom is 0.196 e. The van der Waals surface area contributed by atoms with Gasteiger partial charge in [-0.15, -0.1) is 0 Å². The van der Waals surface area contributed by atoms with Crippen LogP contribution < -0.4 is 4.74 Å². The lowest BCUT2D eigenvalue weighted by molar-refractivity contribution is 0.0277. The molecule has 5 nitrogen and oxygen atoms in total. The Morgan fingerprint density at radius 3 is 2.14 bits per heavy atom. The number of ether oxygens (including phenoxy) is 1. The molecule has 0 N–H and O–H groups in total. The number of carbonyl (C=O) groups excluding carboxylic acids is 2. The Morgan fingerprint density at radius 1 is 0.857 bits per heavy atom. The van der Waals surface area contributed by atoms with Gasteiger partial charge in [-0.25, -0.2) is 8.78 Å². The molecular weight excluding hydrogens is 450 g/mol. The van der Waals surface area contributed by atoms with Crippen LogP contribution in [0.4, 0.5) is 8.78 Å². The highest BCUT2D eigenvalue weighted by molar-refractivity contribution is 6.32. The molecule has 0 radical (unpaired) electrons. The number of halogens is 2. The van der Waals surface area contributed by atoms with Crippen LogP contribution in [-0.2, 0) is 12.1 Å². The molecule has 7 heteroatoms. The summed E-state index contributed by atoms with van der Waals surface area (Å²) in [5.41, 5.74) is 1.23. The van der Waals surface area contributed by atoms with Gasteiger partial charge in [0.25, 0.3) is 0 Å². The second-order valence-electron chi connectivity index (χ2n) is 9.13. The normalized spacial score (nSPS) is 18.1. The molecule has 180 valence electrons. The summed E-state index contributed by atoms with van der Waals surface area (Å²) < 4.78 is 33.6. The number of ketones is 2. The van der Waals surface area contributed by atoms with E-state index >= 15 is 0 Å². The number of nitrogens with zero attached hydrogens (tertiary/aromatic N) is 2. The summed E-state index contributed by atoms with van der Waals surface area (Å²) in [4.78, 5) is 31.9. The van der Waals surface area contributed by atoms with Crippen molar-refractivity contribution in [3.63, 3.8) is 0 Å². The van der Waals surface area contributed by atoms with Crippen molar-refractivity contribution in [2.75, 3.05) is 33.3 Å². The lowest BCUT2D eigenvalue weighted by atomic mass is 9.82. The van der Waals surface area contributed by atoms with E-state index < -0.39 is 11.4 Å². The molecule has 0 bridgehead atoms. The van der Waals surface area contributed by atoms with Gasteiger partial charge in [0.1, 0.15) is 17.4 Å². The molecule has 3 aromatic rings. The van der Waals surface area contributed by atoms with Gasteiger partial charge in [-0.2, -0.15) is 0 Å². The van der Waals surface area contributed by atoms with E-state index in [1.54, 1.807) is 42.5 Å². The smallest absolute Gasteiger partial charge is 0.196 e. The Morgan fingerprint density at radius 2 is 1.51 bits per heavy atom. The first kappa shape index (κ1) is 23.3. The van der Waals surface area contributed by atoms with Crippen LogP contribution in [0.25, 0.3) is 0 Å². The Kier molecular flexibility index (Phi) is 5.99. The molecule has 1 heterocycles. The monoisotopic (exact) mass is 476 g/mol. The Balaban J connectivity index is 1.50. The zero-order valence-electron chi connectivity index (χ0n) is 19.7. The van der Waals surface area contributed by atoms with Gasteiger partial charge in [0, 0.05) is 49.9 Å². The number of piperazine rings is 1. The number of hydrogen-bond acceptors (Lipinski definition) is 5. The number of hydrogen-bond donors (Lipinski definition) is 0. The number of fused-ring (bicyclic) bond motifs is 1. The fourth-order valence-corrected chi connectivity index (χ4v) is 5.29. The van der Waals surface area contributed by atoms with Gasteiger partial charge in [-0.1, -0.05) is 30.3 Å². The van der Waals surface area contributed by atoms with E-state index in [9.17, 15) is 18.4 Å². The van der Waals surface area contributed by atoms with Gasteiger partial charge in [0.05, 0.1) is 7.11 Å². The van der Waals surface area contributed by atoms with E-state index in [1.807, 2.05) is 11.8 Å². The first-order valence-electron chi connectivity index (χ1n) is 11.6. The molecule has 3 aromatic carbocycles. The summed E-state index contributed by atoms with van der Waals surface area (Å²) in [5, 5.41) is 0. The van der Waals surface area contributed by atoms with Gasteiger partial charge < -0.3 is 4.74 Å². The molecule has 1 fully saturated rings. The first-order chi connectivity index (χ1) is 16.8. The zero-order chi connectivity index (χ0) is 24.7. The van der Waals surface area contributed by atoms with E-state index in [2.05, 4.69) is 4.90 Å². The molecule has 5 rings (SSSR count). The van der Waals surface area contributed by atoms with Crippen molar-refractivity contribution in [1.29, 1.82) is 0 Å². The molecule has 0 aromatic heterocycles. The fraction of sp³-hybridized carbons (Fsp3) is 0.286. The Labute approximate surface area is 202 Å². The Hall–Kier alpha value is -3.42. The number of carbonyl (C=O) groups is 2. The van der Waals surface area contributed by atoms with Gasteiger partial charge in [-0.05, 0) is 47.9 Å². The molecule has 0 saturated carbocycles. The zero-order valence-corrected chi connectivity index (χ0v) is 19.7. The minimum Gasteiger partial charge on any atom is -0.497 e. The second kappa shape index (κ2) is 8.98. The molecular formula is C28H26F2N2O3. The summed E-state index contributed by atoms with van der Waals surface area (Å²) in [6, 6.07) is 15.6. The minimum atomic E-state index is -1.65. The summed E-state index contributed by atoms with van der Waals surface area (Å²) in [5.74, 6) is -1.30. The van der Waals surface area contributed by atoms with Gasteiger partial charge in [-0.3, -0.25) is 19.4 Å². The van der Waals surface area contributed by atoms with Gasteiger partial charge in [0.15, 0.2) is 17.1 Å². The summed E-state index contributed by atoms with van der Waals surface area (Å²) in [7, 11) is 1.42. The molecule has 1 aliphatic heterocycles. The van der Waals surface area contributed by atoms with Crippen LogP contribution in [0.3, 0.4) is 0 Å². The van der Waals surface area contributed by atoms with Crippen LogP contribution >= 0.6 is 0 Å². The summed E-state index contributed by atoms with van der Waals surface area (Å²) in [6.07, 6.45) is 0. The number of benzene rings is 3. The summed E-state index contributed by atoms with van der Waals surface area (Å²) in [6.45, 7) is 4.49. The minimum absolute atomic E-state index is 0.246. The quantitative estimate of drug-likeness (QED) is 0.512. The number of rotatable bonds is 5. The van der Waals surface area contributed by atoms with Crippen molar-refractivity contribution >= 4 is 11.6 Å². The fourth-order valence-electron chi connectivity index (χ4n) is 5.29. The predicted molar refractivity (Wildman–Crippen MR) is 128 cm³/mol. The van der Waals surface area contributed by atoms with Crippen molar-refractivity contribution in [2.24, 2.45) is 0 Å². The van der Waals surface area contributed by atoms with Crippen LogP contribution in [-0.4, -0.2) is 54.7 Å². The highest BCUT2D eigenvalue weighted by atomic mass is 19.1. The molecule has 0 unspecified atom stereocenters. The van der Waals surface area contributed by atoms with Crippen LogP contribution in [0.2, 0.25) is 0 Å². The van der Waals surface area contributed by atoms with Crippen molar-refractivity contribution in [3.8, 4) is 5.75 Å².